The Labute approximate surface area is 127 Å². The van der Waals surface area contributed by atoms with Gasteiger partial charge < -0.3 is 10.1 Å². The van der Waals surface area contributed by atoms with E-state index >= 15 is 0 Å². The number of fused-ring (bicyclic) bond motifs is 1. The zero-order chi connectivity index (χ0) is 15.4. The van der Waals surface area contributed by atoms with E-state index in [0.29, 0.717) is 23.0 Å². The number of nitrogens with one attached hydrogen (secondary N) is 1. The van der Waals surface area contributed by atoms with Crippen LogP contribution in [0.5, 0.6) is 0 Å². The first-order chi connectivity index (χ1) is 10.0. The maximum absolute atomic E-state index is 11.5. The zero-order valence-electron chi connectivity index (χ0n) is 11.7. The molecule has 21 heavy (non-hydrogen) atoms. The van der Waals surface area contributed by atoms with E-state index in [1.54, 1.807) is 19.2 Å². The summed E-state index contributed by atoms with van der Waals surface area (Å²) in [6.07, 6.45) is -0.185. The smallest absolute Gasteiger partial charge is 0.238 e. The first kappa shape index (κ1) is 15.2. The van der Waals surface area contributed by atoms with E-state index in [2.05, 4.69) is 10.3 Å². The molecule has 2 aromatic rings. The van der Waals surface area contributed by atoms with Crippen molar-refractivity contribution in [3.63, 3.8) is 0 Å². The number of benzene rings is 1. The molecule has 0 aliphatic rings. The fourth-order valence-corrected chi connectivity index (χ4v) is 2.31. The summed E-state index contributed by atoms with van der Waals surface area (Å²) < 4.78 is 5.17. The van der Waals surface area contributed by atoms with E-state index < -0.39 is 0 Å². The molecule has 1 amide bonds. The number of nitrogens with zero attached hydrogens (tertiary/aromatic N) is 2. The average Bonchev–Trinajstić information content (AvgIpc) is 2.41. The molecular weight excluding hydrogens is 290 g/mol. The van der Waals surface area contributed by atoms with Gasteiger partial charge in [0.2, 0.25) is 5.91 Å². The van der Waals surface area contributed by atoms with Crippen molar-refractivity contribution in [1.29, 1.82) is 5.26 Å². The molecule has 108 valence electrons. The number of hydrogen-bond donors (Lipinski definition) is 1. The molecule has 0 radical (unpaired) electrons. The highest BCUT2D eigenvalue weighted by Crippen LogP contribution is 2.27. The molecule has 1 N–H and O–H groups in total. The predicted molar refractivity (Wildman–Crippen MR) is 81.1 cm³/mol. The lowest BCUT2D eigenvalue weighted by molar-refractivity contribution is -0.115. The second-order valence-electron chi connectivity index (χ2n) is 4.60. The Morgan fingerprint density at radius 2 is 2.24 bits per heavy atom. The van der Waals surface area contributed by atoms with E-state index in [-0.39, 0.29) is 12.3 Å². The van der Waals surface area contributed by atoms with Gasteiger partial charge in [-0.1, -0.05) is 11.6 Å². The third-order valence-corrected chi connectivity index (χ3v) is 3.22. The van der Waals surface area contributed by atoms with E-state index in [1.165, 1.54) is 0 Å². The summed E-state index contributed by atoms with van der Waals surface area (Å²) in [4.78, 5) is 15.8. The van der Waals surface area contributed by atoms with E-state index in [4.69, 9.17) is 21.6 Å². The molecule has 0 bridgehead atoms. The predicted octanol–water partition coefficient (Wildman–Crippen LogP) is 3.20. The van der Waals surface area contributed by atoms with Crippen molar-refractivity contribution in [2.75, 3.05) is 12.4 Å². The Balaban J connectivity index is 2.50. The minimum absolute atomic E-state index is 0.185. The van der Waals surface area contributed by atoms with Crippen LogP contribution in [0.1, 0.15) is 17.5 Å². The molecule has 0 saturated heterocycles. The van der Waals surface area contributed by atoms with Gasteiger partial charge >= 0.3 is 0 Å². The van der Waals surface area contributed by atoms with E-state index in [0.717, 1.165) is 16.5 Å². The number of ether oxygens (including phenoxy) is 1. The minimum Gasteiger partial charge on any atom is -0.380 e. The Hall–Kier alpha value is -2.16. The third-order valence-electron chi connectivity index (χ3n) is 3.02. The highest BCUT2D eigenvalue weighted by molar-refractivity contribution is 6.30. The van der Waals surface area contributed by atoms with Crippen molar-refractivity contribution in [2.45, 2.75) is 20.0 Å². The molecule has 0 spiro atoms. The summed E-state index contributed by atoms with van der Waals surface area (Å²) in [7, 11) is 1.61. The lowest BCUT2D eigenvalue weighted by Crippen LogP contribution is -2.11. The summed E-state index contributed by atoms with van der Waals surface area (Å²) in [6, 6.07) is 7.26. The van der Waals surface area contributed by atoms with Gasteiger partial charge in [-0.15, -0.1) is 0 Å². The summed E-state index contributed by atoms with van der Waals surface area (Å²) in [5.74, 6) is -0.348. The maximum Gasteiger partial charge on any atom is 0.238 e. The van der Waals surface area contributed by atoms with Crippen LogP contribution < -0.4 is 5.32 Å². The highest BCUT2D eigenvalue weighted by atomic mass is 35.5. The number of pyridine rings is 1. The second kappa shape index (κ2) is 6.53. The van der Waals surface area contributed by atoms with Crippen LogP contribution in [0.15, 0.2) is 18.2 Å². The first-order valence-electron chi connectivity index (χ1n) is 6.30. The van der Waals surface area contributed by atoms with Gasteiger partial charge in [0.1, 0.15) is 11.6 Å². The molecule has 0 aliphatic heterocycles. The maximum atomic E-state index is 11.5. The lowest BCUT2D eigenvalue weighted by Gasteiger charge is -2.11. The molecule has 5 nitrogen and oxygen atoms in total. The molecule has 0 saturated carbocycles. The molecule has 0 fully saturated rings. The Morgan fingerprint density at radius 3 is 2.90 bits per heavy atom. The molecule has 0 aliphatic carbocycles. The van der Waals surface area contributed by atoms with Crippen LogP contribution in [-0.2, 0) is 16.1 Å². The molecule has 1 aromatic carbocycles. The molecule has 2 rings (SSSR count). The van der Waals surface area contributed by atoms with Crippen LogP contribution in [0.25, 0.3) is 10.9 Å². The number of carbonyl (C=O) groups excluding carboxylic acids is 1. The number of halogens is 1. The number of nitriles is 1. The Bertz CT molecular complexity index is 738. The van der Waals surface area contributed by atoms with Gasteiger partial charge in [-0.25, -0.2) is 4.98 Å². The largest absolute Gasteiger partial charge is 0.380 e. The molecule has 1 heterocycles. The van der Waals surface area contributed by atoms with Crippen molar-refractivity contribution >= 4 is 34.1 Å². The van der Waals surface area contributed by atoms with Crippen LogP contribution in [0, 0.1) is 18.3 Å². The van der Waals surface area contributed by atoms with Gasteiger partial charge in [0, 0.05) is 18.2 Å². The number of anilines is 1. The standard InChI is InChI=1S/C15H14ClN3O2/c1-9-5-11-10(8-21-2)6-14(16)18-13(11)7-12(9)19-15(20)3-4-17/h5-7H,3,8H2,1-2H3,(H,19,20). The molecule has 6 heteroatoms. The van der Waals surface area contributed by atoms with Crippen LogP contribution >= 0.6 is 11.6 Å². The fraction of sp³-hybridized carbons (Fsp3) is 0.267. The second-order valence-corrected chi connectivity index (χ2v) is 4.99. The number of methoxy groups -OCH3 is 1. The van der Waals surface area contributed by atoms with Gasteiger partial charge in [0.05, 0.1) is 18.2 Å². The number of carbonyl (C=O) groups is 1. The highest BCUT2D eigenvalue weighted by Gasteiger charge is 2.10. The van der Waals surface area contributed by atoms with Gasteiger partial charge in [-0.3, -0.25) is 4.79 Å². The van der Waals surface area contributed by atoms with Gasteiger partial charge in [-0.2, -0.15) is 5.26 Å². The number of aromatic nitrogens is 1. The van der Waals surface area contributed by atoms with Crippen LogP contribution in [0.4, 0.5) is 5.69 Å². The van der Waals surface area contributed by atoms with Crippen molar-refractivity contribution in [3.8, 4) is 6.07 Å². The first-order valence-corrected chi connectivity index (χ1v) is 6.68. The van der Waals surface area contributed by atoms with Crippen molar-refractivity contribution in [3.05, 3.63) is 34.5 Å². The third kappa shape index (κ3) is 3.48. The normalized spacial score (nSPS) is 10.4. The summed E-state index contributed by atoms with van der Waals surface area (Å²) in [5, 5.41) is 12.5. The summed E-state index contributed by atoms with van der Waals surface area (Å²) >= 11 is 6.01. The number of amides is 1. The quantitative estimate of drug-likeness (QED) is 0.880. The minimum atomic E-state index is -0.348. The molecular formula is C15H14ClN3O2. The monoisotopic (exact) mass is 303 g/mol. The van der Waals surface area contributed by atoms with Crippen LogP contribution in [0.3, 0.4) is 0 Å². The molecule has 0 atom stereocenters. The van der Waals surface area contributed by atoms with E-state index in [9.17, 15) is 4.79 Å². The summed E-state index contributed by atoms with van der Waals surface area (Å²) in [6.45, 7) is 2.31. The Kier molecular flexibility index (Phi) is 4.73. The van der Waals surface area contributed by atoms with Crippen molar-refractivity contribution < 1.29 is 9.53 Å². The number of hydrogen-bond acceptors (Lipinski definition) is 4. The van der Waals surface area contributed by atoms with Crippen LogP contribution in [-0.4, -0.2) is 18.0 Å². The average molecular weight is 304 g/mol. The fourth-order valence-electron chi connectivity index (χ4n) is 2.09. The van der Waals surface area contributed by atoms with Crippen molar-refractivity contribution in [2.24, 2.45) is 0 Å². The van der Waals surface area contributed by atoms with Crippen molar-refractivity contribution in [1.82, 2.24) is 4.98 Å². The molecule has 0 unspecified atom stereocenters. The van der Waals surface area contributed by atoms with Gasteiger partial charge in [0.25, 0.3) is 0 Å². The number of rotatable bonds is 4. The van der Waals surface area contributed by atoms with Crippen LogP contribution in [0.2, 0.25) is 5.15 Å². The zero-order valence-corrected chi connectivity index (χ0v) is 12.5. The molecule has 1 aromatic heterocycles. The topological polar surface area (TPSA) is 75.0 Å². The lowest BCUT2D eigenvalue weighted by atomic mass is 10.1. The number of aryl methyl sites for hydroxylation is 1. The SMILES string of the molecule is COCc1cc(Cl)nc2cc(NC(=O)CC#N)c(C)cc12. The Morgan fingerprint density at radius 1 is 1.48 bits per heavy atom. The van der Waals surface area contributed by atoms with Gasteiger partial charge in [0.15, 0.2) is 0 Å². The van der Waals surface area contributed by atoms with Gasteiger partial charge in [-0.05, 0) is 36.2 Å². The summed E-state index contributed by atoms with van der Waals surface area (Å²) in [5.41, 5.74) is 3.12. The van der Waals surface area contributed by atoms with E-state index in [1.807, 2.05) is 19.1 Å².